The second-order valence-electron chi connectivity index (χ2n) is 3.94. The largest absolute Gasteiger partial charge is 0.497 e. The third-order valence-corrected chi connectivity index (χ3v) is 2.54. The normalized spacial score (nSPS) is 10.0. The Kier molecular flexibility index (Phi) is 4.55. The van der Waals surface area contributed by atoms with Crippen LogP contribution in [0.25, 0.3) is 0 Å². The molecule has 0 aliphatic rings. The van der Waals surface area contributed by atoms with Gasteiger partial charge in [-0.3, -0.25) is 10.1 Å². The van der Waals surface area contributed by atoms with Crippen molar-refractivity contribution in [2.75, 3.05) is 19.0 Å². The molecule has 0 spiro atoms. The van der Waals surface area contributed by atoms with Crippen LogP contribution in [0.15, 0.2) is 34.9 Å². The zero-order chi connectivity index (χ0) is 15.2. The lowest BCUT2D eigenvalue weighted by Gasteiger charge is -2.03. The van der Waals surface area contributed by atoms with Gasteiger partial charge < -0.3 is 13.9 Å². The van der Waals surface area contributed by atoms with Gasteiger partial charge in [0.25, 0.3) is 5.91 Å². The van der Waals surface area contributed by atoms with E-state index in [1.54, 1.807) is 31.2 Å². The van der Waals surface area contributed by atoms with E-state index in [2.05, 4.69) is 10.3 Å². The zero-order valence-electron chi connectivity index (χ0n) is 11.6. The lowest BCUT2D eigenvalue weighted by atomic mass is 10.2. The number of nitrogens with one attached hydrogen (secondary N) is 1. The number of rotatable bonds is 5. The molecule has 2 aromatic rings. The van der Waals surface area contributed by atoms with Crippen molar-refractivity contribution >= 4 is 17.9 Å². The highest BCUT2D eigenvalue weighted by atomic mass is 16.5. The summed E-state index contributed by atoms with van der Waals surface area (Å²) in [5, 5.41) is 2.45. The third-order valence-electron chi connectivity index (χ3n) is 2.54. The molecule has 21 heavy (non-hydrogen) atoms. The maximum atomic E-state index is 12.0. The number of amides is 1. The summed E-state index contributed by atoms with van der Waals surface area (Å²) in [5.41, 5.74) is 0.378. The summed E-state index contributed by atoms with van der Waals surface area (Å²) in [6, 6.07) is 6.53. The van der Waals surface area contributed by atoms with E-state index in [0.29, 0.717) is 11.3 Å². The summed E-state index contributed by atoms with van der Waals surface area (Å²) < 4.78 is 14.8. The number of oxazole rings is 1. The highest BCUT2D eigenvalue weighted by molar-refractivity contribution is 6.03. The van der Waals surface area contributed by atoms with E-state index in [1.165, 1.54) is 7.11 Å². The molecule has 0 atom stereocenters. The smallest absolute Gasteiger partial charge is 0.360 e. The van der Waals surface area contributed by atoms with Crippen molar-refractivity contribution < 1.29 is 23.5 Å². The van der Waals surface area contributed by atoms with Gasteiger partial charge in [0.05, 0.1) is 13.7 Å². The monoisotopic (exact) mass is 290 g/mol. The van der Waals surface area contributed by atoms with Gasteiger partial charge in [-0.2, -0.15) is 4.98 Å². The van der Waals surface area contributed by atoms with Crippen LogP contribution in [0.5, 0.6) is 5.75 Å². The fraction of sp³-hybridized carbons (Fsp3) is 0.214. The van der Waals surface area contributed by atoms with Gasteiger partial charge in [-0.25, -0.2) is 4.79 Å². The lowest BCUT2D eigenvalue weighted by Crippen LogP contribution is -2.12. The van der Waals surface area contributed by atoms with Crippen molar-refractivity contribution in [1.82, 2.24) is 4.98 Å². The number of benzene rings is 1. The fourth-order valence-electron chi connectivity index (χ4n) is 1.56. The first kappa shape index (κ1) is 14.6. The summed E-state index contributed by atoms with van der Waals surface area (Å²) in [7, 11) is 1.51. The Hall–Kier alpha value is -2.83. The minimum absolute atomic E-state index is 0.00204. The topological polar surface area (TPSA) is 90.7 Å². The molecule has 2 rings (SSSR count). The van der Waals surface area contributed by atoms with Gasteiger partial charge in [0.2, 0.25) is 0 Å². The van der Waals surface area contributed by atoms with E-state index in [9.17, 15) is 9.59 Å². The van der Waals surface area contributed by atoms with Gasteiger partial charge in [0, 0.05) is 5.56 Å². The maximum absolute atomic E-state index is 12.0. The molecule has 0 unspecified atom stereocenters. The molecule has 0 aliphatic heterocycles. The summed E-state index contributed by atoms with van der Waals surface area (Å²) in [6.45, 7) is 1.92. The second-order valence-corrected chi connectivity index (χ2v) is 3.94. The Morgan fingerprint density at radius 1 is 1.38 bits per heavy atom. The van der Waals surface area contributed by atoms with Crippen LogP contribution in [-0.2, 0) is 4.74 Å². The van der Waals surface area contributed by atoms with Gasteiger partial charge in [-0.1, -0.05) is 6.07 Å². The molecule has 0 fully saturated rings. The SMILES string of the molecule is CCOC(=O)c1coc(NC(=O)c2cccc(OC)c2)n1. The van der Waals surface area contributed by atoms with Crippen LogP contribution < -0.4 is 10.1 Å². The summed E-state index contributed by atoms with van der Waals surface area (Å²) in [4.78, 5) is 27.3. The summed E-state index contributed by atoms with van der Waals surface area (Å²) in [5.74, 6) is -0.475. The van der Waals surface area contributed by atoms with Crippen molar-refractivity contribution in [2.45, 2.75) is 6.92 Å². The zero-order valence-corrected chi connectivity index (χ0v) is 11.6. The molecule has 1 N–H and O–H groups in total. The predicted molar refractivity (Wildman–Crippen MR) is 73.4 cm³/mol. The first-order valence-electron chi connectivity index (χ1n) is 6.22. The molecule has 0 saturated heterocycles. The van der Waals surface area contributed by atoms with E-state index in [0.717, 1.165) is 6.26 Å². The molecular weight excluding hydrogens is 276 g/mol. The molecule has 1 aromatic heterocycles. The van der Waals surface area contributed by atoms with Crippen LogP contribution in [0, 0.1) is 0 Å². The van der Waals surface area contributed by atoms with E-state index in [-0.39, 0.29) is 18.3 Å². The van der Waals surface area contributed by atoms with Crippen molar-refractivity contribution in [3.8, 4) is 5.75 Å². The van der Waals surface area contributed by atoms with E-state index in [4.69, 9.17) is 13.9 Å². The standard InChI is InChI=1S/C14H14N2O5/c1-3-20-13(18)11-8-21-14(15-11)16-12(17)9-5-4-6-10(7-9)19-2/h4-8H,3H2,1-2H3,(H,15,16,17). The summed E-state index contributed by atoms with van der Waals surface area (Å²) in [6.07, 6.45) is 1.12. The minimum atomic E-state index is -0.608. The Labute approximate surface area is 120 Å². The minimum Gasteiger partial charge on any atom is -0.497 e. The number of nitrogens with zero attached hydrogens (tertiary/aromatic N) is 1. The highest BCUT2D eigenvalue weighted by Gasteiger charge is 2.15. The number of hydrogen-bond acceptors (Lipinski definition) is 6. The van der Waals surface area contributed by atoms with Crippen LogP contribution in [0.3, 0.4) is 0 Å². The highest BCUT2D eigenvalue weighted by Crippen LogP contribution is 2.15. The molecule has 1 aromatic carbocycles. The second kappa shape index (κ2) is 6.56. The van der Waals surface area contributed by atoms with Crippen LogP contribution in [0.1, 0.15) is 27.8 Å². The van der Waals surface area contributed by atoms with Crippen molar-refractivity contribution in [2.24, 2.45) is 0 Å². The number of methoxy groups -OCH3 is 1. The molecule has 0 saturated carbocycles. The van der Waals surface area contributed by atoms with Crippen LogP contribution in [0.4, 0.5) is 6.01 Å². The number of carbonyl (C=O) groups excluding carboxylic acids is 2. The molecule has 1 heterocycles. The van der Waals surface area contributed by atoms with Gasteiger partial charge in [0.15, 0.2) is 5.69 Å². The van der Waals surface area contributed by atoms with Gasteiger partial charge in [0.1, 0.15) is 12.0 Å². The Morgan fingerprint density at radius 2 is 2.19 bits per heavy atom. The number of hydrogen-bond donors (Lipinski definition) is 1. The molecule has 0 bridgehead atoms. The summed E-state index contributed by atoms with van der Waals surface area (Å²) >= 11 is 0. The molecule has 0 aliphatic carbocycles. The van der Waals surface area contributed by atoms with Gasteiger partial charge in [-0.15, -0.1) is 0 Å². The first-order chi connectivity index (χ1) is 10.1. The molecular formula is C14H14N2O5. The van der Waals surface area contributed by atoms with Crippen molar-refractivity contribution in [1.29, 1.82) is 0 Å². The Morgan fingerprint density at radius 3 is 2.90 bits per heavy atom. The molecule has 7 nitrogen and oxygen atoms in total. The molecule has 7 heteroatoms. The molecule has 1 amide bonds. The Balaban J connectivity index is 2.07. The molecule has 0 radical (unpaired) electrons. The third kappa shape index (κ3) is 3.59. The number of ether oxygens (including phenoxy) is 2. The van der Waals surface area contributed by atoms with E-state index in [1.807, 2.05) is 0 Å². The first-order valence-corrected chi connectivity index (χ1v) is 6.22. The van der Waals surface area contributed by atoms with Crippen molar-refractivity contribution in [3.63, 3.8) is 0 Å². The van der Waals surface area contributed by atoms with Gasteiger partial charge in [-0.05, 0) is 25.1 Å². The van der Waals surface area contributed by atoms with Crippen LogP contribution in [-0.4, -0.2) is 30.6 Å². The van der Waals surface area contributed by atoms with Gasteiger partial charge >= 0.3 is 12.0 Å². The number of carbonyl (C=O) groups is 2. The molecule has 110 valence electrons. The van der Waals surface area contributed by atoms with Crippen LogP contribution >= 0.6 is 0 Å². The van der Waals surface area contributed by atoms with Crippen LogP contribution in [0.2, 0.25) is 0 Å². The average molecular weight is 290 g/mol. The number of esters is 1. The quantitative estimate of drug-likeness (QED) is 0.848. The number of anilines is 1. The van der Waals surface area contributed by atoms with Crippen molar-refractivity contribution in [3.05, 3.63) is 41.8 Å². The van der Waals surface area contributed by atoms with E-state index >= 15 is 0 Å². The fourth-order valence-corrected chi connectivity index (χ4v) is 1.56. The number of aromatic nitrogens is 1. The van der Waals surface area contributed by atoms with E-state index < -0.39 is 11.9 Å². The maximum Gasteiger partial charge on any atom is 0.360 e. The lowest BCUT2D eigenvalue weighted by molar-refractivity contribution is 0.0519. The average Bonchev–Trinajstić information content (AvgIpc) is 2.96. The Bertz CT molecular complexity index is 650. The predicted octanol–water partition coefficient (Wildman–Crippen LogP) is 2.11.